The molecule has 0 radical (unpaired) electrons. The Kier molecular flexibility index (Phi) is 5.28. The van der Waals surface area contributed by atoms with Gasteiger partial charge in [-0.1, -0.05) is 35.4 Å². The van der Waals surface area contributed by atoms with Crippen LogP contribution < -0.4 is 5.69 Å². The average Bonchev–Trinajstić information content (AvgIpc) is 2.78. The van der Waals surface area contributed by atoms with Gasteiger partial charge in [-0.05, 0) is 52.2 Å². The highest BCUT2D eigenvalue weighted by atomic mass is 16.1. The number of aromatic amines is 1. The van der Waals surface area contributed by atoms with Crippen molar-refractivity contribution in [3.8, 4) is 0 Å². The lowest BCUT2D eigenvalue weighted by molar-refractivity contribution is 0.210. The van der Waals surface area contributed by atoms with Gasteiger partial charge in [0.25, 0.3) is 0 Å². The molecule has 2 aromatic rings. The molecule has 1 aliphatic heterocycles. The second kappa shape index (κ2) is 7.44. The fraction of sp³-hybridized carbons (Fsp3) is 0.476. The molecule has 2 heterocycles. The molecule has 4 heteroatoms. The largest absolute Gasteiger partial charge is 0.326 e. The number of nitrogens with one attached hydrogen (secondary N) is 1. The molecule has 0 spiro atoms. The average molecular weight is 339 g/mol. The maximum atomic E-state index is 12.3. The molecule has 0 amide bonds. The smallest absolute Gasteiger partial charge is 0.306 e. The molecular formula is C21H29N3O. The van der Waals surface area contributed by atoms with Crippen molar-refractivity contribution in [2.24, 2.45) is 0 Å². The third-order valence-corrected chi connectivity index (χ3v) is 5.09. The molecule has 1 N–H and O–H groups in total. The highest BCUT2D eigenvalue weighted by molar-refractivity contribution is 5.79. The number of allylic oxidation sites excluding steroid dienone is 3. The highest BCUT2D eigenvalue weighted by Gasteiger charge is 2.23. The van der Waals surface area contributed by atoms with Crippen LogP contribution in [0.2, 0.25) is 0 Å². The minimum Gasteiger partial charge on any atom is -0.306 e. The van der Waals surface area contributed by atoms with Crippen molar-refractivity contribution < 1.29 is 0 Å². The van der Waals surface area contributed by atoms with Crippen LogP contribution in [0.1, 0.15) is 46.1 Å². The molecular weight excluding hydrogens is 310 g/mol. The standard InChI is InChI=1S/C21H29N3O/c1-15(2)7-5-8-16(3)11-12-23-14-18-9-6-10-19-20(18)24(13-17(23)4)21(25)22-19/h6-7,9-11,17H,5,8,12-14H2,1-4H3,(H,22,25)/b16-11-. The summed E-state index contributed by atoms with van der Waals surface area (Å²) >= 11 is 0. The lowest BCUT2D eigenvalue weighted by atomic mass is 10.1. The summed E-state index contributed by atoms with van der Waals surface area (Å²) in [4.78, 5) is 17.7. The van der Waals surface area contributed by atoms with Crippen molar-refractivity contribution in [3.05, 3.63) is 57.5 Å². The number of nitrogens with zero attached hydrogens (tertiary/aromatic N) is 2. The van der Waals surface area contributed by atoms with E-state index >= 15 is 0 Å². The van der Waals surface area contributed by atoms with Crippen LogP contribution in [0.4, 0.5) is 0 Å². The number of H-pyrrole nitrogens is 1. The number of para-hydroxylation sites is 1. The minimum atomic E-state index is 0.00425. The first-order valence-corrected chi connectivity index (χ1v) is 9.19. The van der Waals surface area contributed by atoms with Gasteiger partial charge in [-0.2, -0.15) is 0 Å². The zero-order chi connectivity index (χ0) is 18.0. The third kappa shape index (κ3) is 3.96. The fourth-order valence-corrected chi connectivity index (χ4v) is 3.56. The summed E-state index contributed by atoms with van der Waals surface area (Å²) in [5.41, 5.74) is 6.08. The van der Waals surface area contributed by atoms with Gasteiger partial charge in [-0.3, -0.25) is 9.47 Å². The molecule has 0 fully saturated rings. The Labute approximate surface area is 149 Å². The number of imidazole rings is 1. The summed E-state index contributed by atoms with van der Waals surface area (Å²) in [6, 6.07) is 6.49. The van der Waals surface area contributed by atoms with Crippen molar-refractivity contribution in [2.45, 2.75) is 59.7 Å². The number of benzene rings is 1. The van der Waals surface area contributed by atoms with Crippen molar-refractivity contribution in [3.63, 3.8) is 0 Å². The van der Waals surface area contributed by atoms with E-state index in [9.17, 15) is 4.79 Å². The van der Waals surface area contributed by atoms with E-state index in [0.29, 0.717) is 6.04 Å². The van der Waals surface area contributed by atoms with Crippen LogP contribution in [0, 0.1) is 0 Å². The molecule has 3 rings (SSSR count). The van der Waals surface area contributed by atoms with E-state index < -0.39 is 0 Å². The first-order valence-electron chi connectivity index (χ1n) is 9.19. The predicted octanol–water partition coefficient (Wildman–Crippen LogP) is 4.23. The van der Waals surface area contributed by atoms with Gasteiger partial charge >= 0.3 is 5.69 Å². The van der Waals surface area contributed by atoms with Crippen LogP contribution in [0.3, 0.4) is 0 Å². The molecule has 1 aromatic carbocycles. The van der Waals surface area contributed by atoms with Gasteiger partial charge in [0.05, 0.1) is 11.0 Å². The van der Waals surface area contributed by atoms with Crippen LogP contribution in [0.25, 0.3) is 11.0 Å². The zero-order valence-electron chi connectivity index (χ0n) is 15.8. The minimum absolute atomic E-state index is 0.00425. The first-order chi connectivity index (χ1) is 12.0. The summed E-state index contributed by atoms with van der Waals surface area (Å²) < 4.78 is 1.90. The fourth-order valence-electron chi connectivity index (χ4n) is 3.56. The summed E-state index contributed by atoms with van der Waals surface area (Å²) in [7, 11) is 0. The number of aromatic nitrogens is 2. The third-order valence-electron chi connectivity index (χ3n) is 5.09. The maximum Gasteiger partial charge on any atom is 0.326 e. The van der Waals surface area contributed by atoms with Gasteiger partial charge in [-0.15, -0.1) is 0 Å². The SMILES string of the molecule is CC(C)=CCC/C(C)=C\CN1Cc2cccc3[nH]c(=O)n(c23)CC1C. The van der Waals surface area contributed by atoms with Crippen LogP contribution >= 0.6 is 0 Å². The zero-order valence-corrected chi connectivity index (χ0v) is 15.8. The lowest BCUT2D eigenvalue weighted by Crippen LogP contribution is -2.36. The normalized spacial score (nSPS) is 18.4. The predicted molar refractivity (Wildman–Crippen MR) is 105 cm³/mol. The molecule has 0 saturated heterocycles. The van der Waals surface area contributed by atoms with Crippen molar-refractivity contribution in [1.82, 2.24) is 14.5 Å². The number of rotatable bonds is 5. The van der Waals surface area contributed by atoms with Gasteiger partial charge in [0.15, 0.2) is 0 Å². The van der Waals surface area contributed by atoms with Crippen molar-refractivity contribution >= 4 is 11.0 Å². The molecule has 4 nitrogen and oxygen atoms in total. The second-order valence-corrected chi connectivity index (χ2v) is 7.50. The topological polar surface area (TPSA) is 41.0 Å². The Morgan fingerprint density at radius 1 is 1.28 bits per heavy atom. The lowest BCUT2D eigenvalue weighted by Gasteiger charge is -2.26. The van der Waals surface area contributed by atoms with Gasteiger partial charge in [0.2, 0.25) is 0 Å². The Hall–Kier alpha value is -2.07. The van der Waals surface area contributed by atoms with Crippen molar-refractivity contribution in [2.75, 3.05) is 6.54 Å². The molecule has 0 bridgehead atoms. The van der Waals surface area contributed by atoms with Gasteiger partial charge < -0.3 is 4.98 Å². The molecule has 0 saturated carbocycles. The Balaban J connectivity index is 1.76. The molecule has 1 atom stereocenters. The Morgan fingerprint density at radius 3 is 2.84 bits per heavy atom. The van der Waals surface area contributed by atoms with Crippen LogP contribution in [0.15, 0.2) is 46.3 Å². The summed E-state index contributed by atoms with van der Waals surface area (Å²) in [6.45, 7) is 11.3. The summed E-state index contributed by atoms with van der Waals surface area (Å²) in [5.74, 6) is 0. The molecule has 1 unspecified atom stereocenters. The van der Waals surface area contributed by atoms with E-state index in [1.54, 1.807) is 0 Å². The summed E-state index contributed by atoms with van der Waals surface area (Å²) in [6.07, 6.45) is 6.87. The van der Waals surface area contributed by atoms with Crippen LogP contribution in [0.5, 0.6) is 0 Å². The quantitative estimate of drug-likeness (QED) is 0.828. The van der Waals surface area contributed by atoms with Crippen molar-refractivity contribution in [1.29, 1.82) is 0 Å². The highest BCUT2D eigenvalue weighted by Crippen LogP contribution is 2.23. The van der Waals surface area contributed by atoms with Crippen LogP contribution in [-0.4, -0.2) is 27.0 Å². The number of hydrogen-bond acceptors (Lipinski definition) is 2. The molecule has 25 heavy (non-hydrogen) atoms. The maximum absolute atomic E-state index is 12.3. The van der Waals surface area contributed by atoms with E-state index in [0.717, 1.165) is 43.5 Å². The molecule has 1 aliphatic rings. The van der Waals surface area contributed by atoms with E-state index in [1.807, 2.05) is 16.7 Å². The van der Waals surface area contributed by atoms with E-state index in [2.05, 4.69) is 55.8 Å². The van der Waals surface area contributed by atoms with E-state index in [1.165, 1.54) is 16.7 Å². The van der Waals surface area contributed by atoms with Gasteiger partial charge in [0, 0.05) is 25.7 Å². The van der Waals surface area contributed by atoms with Gasteiger partial charge in [-0.25, -0.2) is 4.79 Å². The van der Waals surface area contributed by atoms with E-state index in [-0.39, 0.29) is 5.69 Å². The monoisotopic (exact) mass is 339 g/mol. The first kappa shape index (κ1) is 17.7. The molecule has 0 aliphatic carbocycles. The summed E-state index contributed by atoms with van der Waals surface area (Å²) in [5, 5.41) is 0. The number of hydrogen-bond donors (Lipinski definition) is 1. The Morgan fingerprint density at radius 2 is 2.08 bits per heavy atom. The second-order valence-electron chi connectivity index (χ2n) is 7.50. The van der Waals surface area contributed by atoms with E-state index in [4.69, 9.17) is 0 Å². The molecule has 134 valence electrons. The molecule has 1 aromatic heterocycles. The van der Waals surface area contributed by atoms with Crippen LogP contribution in [-0.2, 0) is 13.1 Å². The van der Waals surface area contributed by atoms with Gasteiger partial charge in [0.1, 0.15) is 0 Å². The Bertz CT molecular complexity index is 865.